The summed E-state index contributed by atoms with van der Waals surface area (Å²) in [7, 11) is 0. The largest absolute Gasteiger partial charge is 0.352 e. The Kier molecular flexibility index (Phi) is 3.26. The topological polar surface area (TPSA) is 55.1 Å². The molecule has 3 aliphatic carbocycles. The van der Waals surface area contributed by atoms with Crippen molar-refractivity contribution in [1.29, 1.82) is 0 Å². The molecule has 21 heavy (non-hydrogen) atoms. The third kappa shape index (κ3) is 2.28. The van der Waals surface area contributed by atoms with Crippen LogP contribution in [0.3, 0.4) is 0 Å². The minimum atomic E-state index is 0.149. The summed E-state index contributed by atoms with van der Waals surface area (Å²) >= 11 is 0. The Balaban J connectivity index is 1.46. The van der Waals surface area contributed by atoms with Gasteiger partial charge in [0.15, 0.2) is 0 Å². The van der Waals surface area contributed by atoms with Crippen molar-refractivity contribution < 1.29 is 4.79 Å². The Bertz CT molecular complexity index is 556. The van der Waals surface area contributed by atoms with Gasteiger partial charge in [0.2, 0.25) is 5.91 Å². The number of carbonyl (C=O) groups excluding carboxylic acids is 1. The molecule has 1 aromatic rings. The zero-order valence-corrected chi connectivity index (χ0v) is 12.4. The van der Waals surface area contributed by atoms with Crippen LogP contribution in [0, 0.1) is 11.8 Å². The lowest BCUT2D eigenvalue weighted by molar-refractivity contribution is -0.123. The highest BCUT2D eigenvalue weighted by Gasteiger charge is 2.57. The van der Waals surface area contributed by atoms with E-state index in [0.717, 1.165) is 25.7 Å². The summed E-state index contributed by atoms with van der Waals surface area (Å²) in [6.07, 6.45) is 6.78. The molecule has 0 aromatic heterocycles. The third-order valence-corrected chi connectivity index (χ3v) is 5.78. The number of aryl methyl sites for hydroxylation is 1. The van der Waals surface area contributed by atoms with Crippen LogP contribution < -0.4 is 11.1 Å². The highest BCUT2D eigenvalue weighted by Crippen LogP contribution is 2.59. The number of benzene rings is 1. The van der Waals surface area contributed by atoms with Crippen LogP contribution in [-0.2, 0) is 11.2 Å². The Morgan fingerprint density at radius 3 is 2.81 bits per heavy atom. The Morgan fingerprint density at radius 1 is 1.14 bits per heavy atom. The zero-order chi connectivity index (χ0) is 14.4. The summed E-state index contributed by atoms with van der Waals surface area (Å²) in [5.74, 6) is 1.49. The fourth-order valence-corrected chi connectivity index (χ4v) is 4.54. The van der Waals surface area contributed by atoms with Crippen molar-refractivity contribution in [2.45, 2.75) is 56.5 Å². The molecule has 3 heteroatoms. The van der Waals surface area contributed by atoms with E-state index in [9.17, 15) is 4.79 Å². The highest BCUT2D eigenvalue weighted by molar-refractivity contribution is 5.84. The molecule has 4 rings (SSSR count). The van der Waals surface area contributed by atoms with E-state index in [1.165, 1.54) is 24.0 Å². The number of amides is 1. The summed E-state index contributed by atoms with van der Waals surface area (Å²) in [4.78, 5) is 12.6. The van der Waals surface area contributed by atoms with Gasteiger partial charge in [0.1, 0.15) is 0 Å². The van der Waals surface area contributed by atoms with Gasteiger partial charge >= 0.3 is 0 Å². The lowest BCUT2D eigenvalue weighted by Gasteiger charge is -2.29. The van der Waals surface area contributed by atoms with Gasteiger partial charge in [-0.15, -0.1) is 0 Å². The van der Waals surface area contributed by atoms with Crippen LogP contribution in [0.15, 0.2) is 24.3 Å². The molecule has 0 aliphatic heterocycles. The first-order valence-electron chi connectivity index (χ1n) is 8.39. The molecule has 0 saturated heterocycles. The minimum absolute atomic E-state index is 0.149. The molecule has 3 unspecified atom stereocenters. The zero-order valence-electron chi connectivity index (χ0n) is 12.4. The van der Waals surface area contributed by atoms with Crippen LogP contribution in [0.1, 0.15) is 49.1 Å². The van der Waals surface area contributed by atoms with Gasteiger partial charge in [0.05, 0.1) is 0 Å². The molecule has 3 N–H and O–H groups in total. The fraction of sp³-hybridized carbons (Fsp3) is 0.611. The van der Waals surface area contributed by atoms with E-state index >= 15 is 0 Å². The second-order valence-corrected chi connectivity index (χ2v) is 7.02. The maximum atomic E-state index is 12.6. The highest BCUT2D eigenvalue weighted by atomic mass is 16.2. The number of fused-ring (bicyclic) bond motifs is 3. The number of hydrogen-bond donors (Lipinski definition) is 2. The Labute approximate surface area is 126 Å². The number of rotatable bonds is 2. The van der Waals surface area contributed by atoms with Gasteiger partial charge in [-0.05, 0) is 48.6 Å². The molecular formula is C18H24N2O. The second-order valence-electron chi connectivity index (χ2n) is 7.02. The van der Waals surface area contributed by atoms with Gasteiger partial charge in [-0.3, -0.25) is 4.79 Å². The molecule has 2 saturated carbocycles. The monoisotopic (exact) mass is 284 g/mol. The summed E-state index contributed by atoms with van der Waals surface area (Å²) < 4.78 is 0. The molecular weight excluding hydrogens is 260 g/mol. The van der Waals surface area contributed by atoms with E-state index in [2.05, 4.69) is 29.6 Å². The average molecular weight is 284 g/mol. The van der Waals surface area contributed by atoms with E-state index in [1.807, 2.05) is 0 Å². The molecule has 0 radical (unpaired) electrons. The SMILES string of the molecule is N[C@@H]1CCCC[C@H]1NC(=O)C1C2CCc3ccccc3C21. The predicted octanol–water partition coefficient (Wildman–Crippen LogP) is 2.35. The Morgan fingerprint density at radius 2 is 1.95 bits per heavy atom. The number of carbonyl (C=O) groups is 1. The minimum Gasteiger partial charge on any atom is -0.352 e. The van der Waals surface area contributed by atoms with Crippen molar-refractivity contribution in [3.63, 3.8) is 0 Å². The van der Waals surface area contributed by atoms with Crippen molar-refractivity contribution in [2.75, 3.05) is 0 Å². The number of nitrogens with two attached hydrogens (primary N) is 1. The first-order chi connectivity index (χ1) is 10.3. The summed E-state index contributed by atoms with van der Waals surface area (Å²) in [5, 5.41) is 3.25. The van der Waals surface area contributed by atoms with Gasteiger partial charge in [0.25, 0.3) is 0 Å². The summed E-state index contributed by atoms with van der Waals surface area (Å²) in [6.45, 7) is 0. The molecule has 2 fully saturated rings. The van der Waals surface area contributed by atoms with E-state index in [1.54, 1.807) is 0 Å². The lowest BCUT2D eigenvalue weighted by Crippen LogP contribution is -2.49. The molecule has 0 bridgehead atoms. The van der Waals surface area contributed by atoms with Crippen molar-refractivity contribution >= 4 is 5.91 Å². The Hall–Kier alpha value is -1.35. The van der Waals surface area contributed by atoms with Gasteiger partial charge in [-0.25, -0.2) is 0 Å². The van der Waals surface area contributed by atoms with E-state index in [4.69, 9.17) is 5.73 Å². The third-order valence-electron chi connectivity index (χ3n) is 5.78. The van der Waals surface area contributed by atoms with E-state index in [-0.39, 0.29) is 23.9 Å². The maximum Gasteiger partial charge on any atom is 0.224 e. The first kappa shape index (κ1) is 13.3. The van der Waals surface area contributed by atoms with E-state index in [0.29, 0.717) is 11.8 Å². The molecule has 3 aliphatic rings. The molecule has 112 valence electrons. The van der Waals surface area contributed by atoms with Crippen LogP contribution >= 0.6 is 0 Å². The lowest BCUT2D eigenvalue weighted by atomic mass is 9.91. The normalized spacial score (nSPS) is 37.3. The second kappa shape index (κ2) is 5.13. The van der Waals surface area contributed by atoms with Gasteiger partial charge in [0, 0.05) is 18.0 Å². The van der Waals surface area contributed by atoms with Crippen molar-refractivity contribution in [3.8, 4) is 0 Å². The fourth-order valence-electron chi connectivity index (χ4n) is 4.54. The molecule has 5 atom stereocenters. The standard InChI is InChI=1S/C18H24N2O/c19-14-7-3-4-8-15(14)20-18(21)17-13-10-9-11-5-1-2-6-12(11)16(13)17/h1-2,5-6,13-17H,3-4,7-10,19H2,(H,20,21)/t13?,14-,15-,16?,17?/m1/s1. The molecule has 0 spiro atoms. The number of hydrogen-bond acceptors (Lipinski definition) is 2. The van der Waals surface area contributed by atoms with Crippen LogP contribution in [0.25, 0.3) is 0 Å². The predicted molar refractivity (Wildman–Crippen MR) is 82.9 cm³/mol. The quantitative estimate of drug-likeness (QED) is 0.876. The summed E-state index contributed by atoms with van der Waals surface area (Å²) in [6, 6.07) is 8.99. The molecule has 1 amide bonds. The number of nitrogens with one attached hydrogen (secondary N) is 1. The molecule has 0 heterocycles. The van der Waals surface area contributed by atoms with Gasteiger partial charge in [-0.1, -0.05) is 37.1 Å². The smallest absolute Gasteiger partial charge is 0.224 e. The van der Waals surface area contributed by atoms with E-state index < -0.39 is 0 Å². The van der Waals surface area contributed by atoms with Crippen molar-refractivity contribution in [1.82, 2.24) is 5.32 Å². The van der Waals surface area contributed by atoms with Gasteiger partial charge in [-0.2, -0.15) is 0 Å². The molecule has 3 nitrogen and oxygen atoms in total. The van der Waals surface area contributed by atoms with Crippen molar-refractivity contribution in [2.24, 2.45) is 17.6 Å². The van der Waals surface area contributed by atoms with Crippen LogP contribution in [-0.4, -0.2) is 18.0 Å². The van der Waals surface area contributed by atoms with Crippen LogP contribution in [0.2, 0.25) is 0 Å². The van der Waals surface area contributed by atoms with Crippen LogP contribution in [0.4, 0.5) is 0 Å². The van der Waals surface area contributed by atoms with Crippen LogP contribution in [0.5, 0.6) is 0 Å². The average Bonchev–Trinajstić information content (AvgIpc) is 3.24. The maximum absolute atomic E-state index is 12.6. The van der Waals surface area contributed by atoms with Gasteiger partial charge < -0.3 is 11.1 Å². The van der Waals surface area contributed by atoms with Crippen molar-refractivity contribution in [3.05, 3.63) is 35.4 Å². The summed E-state index contributed by atoms with van der Waals surface area (Å²) in [5.41, 5.74) is 9.02. The molecule has 1 aromatic carbocycles. The first-order valence-corrected chi connectivity index (χ1v) is 8.39.